The van der Waals surface area contributed by atoms with Crippen LogP contribution in [0.4, 0.5) is 10.7 Å². The zero-order valence-corrected chi connectivity index (χ0v) is 14.9. The van der Waals surface area contributed by atoms with E-state index < -0.39 is 16.8 Å². The molecule has 2 aromatic carbocycles. The Labute approximate surface area is 158 Å². The lowest BCUT2D eigenvalue weighted by molar-refractivity contribution is -0.384. The highest BCUT2D eigenvalue weighted by Gasteiger charge is 2.21. The number of carboxylic acids is 1. The van der Waals surface area contributed by atoms with Gasteiger partial charge in [0.05, 0.1) is 4.92 Å². The molecule has 0 spiro atoms. The Morgan fingerprint density at radius 3 is 2.26 bits per heavy atom. The van der Waals surface area contributed by atoms with E-state index in [0.717, 1.165) is 22.5 Å². The summed E-state index contributed by atoms with van der Waals surface area (Å²) in [5, 5.41) is 24.8. The van der Waals surface area contributed by atoms with Crippen LogP contribution in [0.25, 0.3) is 11.1 Å². The number of nitrogens with one attached hydrogen (secondary N) is 1. The molecule has 0 fully saturated rings. The van der Waals surface area contributed by atoms with Crippen molar-refractivity contribution in [2.75, 3.05) is 5.32 Å². The van der Waals surface area contributed by atoms with Gasteiger partial charge in [-0.2, -0.15) is 0 Å². The molecule has 7 nitrogen and oxygen atoms in total. The van der Waals surface area contributed by atoms with Gasteiger partial charge >= 0.3 is 5.97 Å². The van der Waals surface area contributed by atoms with Crippen molar-refractivity contribution < 1.29 is 19.6 Å². The number of thiophene rings is 1. The lowest BCUT2D eigenvalue weighted by Crippen LogP contribution is -2.13. The van der Waals surface area contributed by atoms with E-state index in [0.29, 0.717) is 5.56 Å². The minimum Gasteiger partial charge on any atom is -0.478 e. The van der Waals surface area contributed by atoms with Gasteiger partial charge in [-0.05, 0) is 24.6 Å². The number of nitrogens with zero attached hydrogens (tertiary/aromatic N) is 1. The van der Waals surface area contributed by atoms with Crippen molar-refractivity contribution >= 4 is 33.9 Å². The van der Waals surface area contributed by atoms with Crippen LogP contribution in [0.2, 0.25) is 0 Å². The zero-order valence-electron chi connectivity index (χ0n) is 14.1. The first-order chi connectivity index (χ1) is 12.9. The summed E-state index contributed by atoms with van der Waals surface area (Å²) < 4.78 is 0. The van der Waals surface area contributed by atoms with Crippen LogP contribution in [0.15, 0.2) is 53.9 Å². The minimum atomic E-state index is -1.15. The third kappa shape index (κ3) is 3.85. The van der Waals surface area contributed by atoms with Gasteiger partial charge in [0.15, 0.2) is 0 Å². The minimum absolute atomic E-state index is 0.0131. The number of anilines is 1. The number of nitro benzene ring substituents is 1. The van der Waals surface area contributed by atoms with Crippen molar-refractivity contribution in [3.63, 3.8) is 0 Å². The van der Waals surface area contributed by atoms with Crippen molar-refractivity contribution in [2.24, 2.45) is 0 Å². The molecule has 2 N–H and O–H groups in total. The van der Waals surface area contributed by atoms with Crippen molar-refractivity contribution in [1.82, 2.24) is 0 Å². The summed E-state index contributed by atoms with van der Waals surface area (Å²) in [6.07, 6.45) is 0. The third-order valence-electron chi connectivity index (χ3n) is 3.93. The Hall–Kier alpha value is -3.52. The van der Waals surface area contributed by atoms with Crippen molar-refractivity contribution in [3.8, 4) is 11.1 Å². The number of aryl methyl sites for hydroxylation is 1. The summed E-state index contributed by atoms with van der Waals surface area (Å²) in [6, 6.07) is 12.5. The van der Waals surface area contributed by atoms with E-state index in [2.05, 4.69) is 5.32 Å². The highest BCUT2D eigenvalue weighted by Crippen LogP contribution is 2.36. The van der Waals surface area contributed by atoms with Gasteiger partial charge in [0, 0.05) is 28.6 Å². The zero-order chi connectivity index (χ0) is 19.6. The van der Waals surface area contributed by atoms with E-state index in [4.69, 9.17) is 0 Å². The molecule has 0 atom stereocenters. The number of nitro groups is 1. The summed E-state index contributed by atoms with van der Waals surface area (Å²) in [7, 11) is 0. The SMILES string of the molecule is Cc1ccc(-c2csc(NC(=O)c3ccc([N+](=O)[O-])cc3)c2C(=O)O)cc1. The number of benzene rings is 2. The average molecular weight is 382 g/mol. The second-order valence-corrected chi connectivity index (χ2v) is 6.66. The average Bonchev–Trinajstić information content (AvgIpc) is 3.06. The number of hydrogen-bond acceptors (Lipinski definition) is 5. The number of aromatic carboxylic acids is 1. The molecule has 0 saturated heterocycles. The van der Waals surface area contributed by atoms with Crippen LogP contribution >= 0.6 is 11.3 Å². The molecular weight excluding hydrogens is 368 g/mol. The molecule has 3 aromatic rings. The predicted octanol–water partition coefficient (Wildman–Crippen LogP) is 4.58. The fourth-order valence-corrected chi connectivity index (χ4v) is 3.47. The first-order valence-corrected chi connectivity index (χ1v) is 8.72. The monoisotopic (exact) mass is 382 g/mol. The smallest absolute Gasteiger partial charge is 0.339 e. The molecule has 136 valence electrons. The number of rotatable bonds is 5. The number of carboxylic acid groups (broad SMARTS) is 1. The van der Waals surface area contributed by atoms with Gasteiger partial charge in [-0.3, -0.25) is 14.9 Å². The molecule has 0 radical (unpaired) electrons. The predicted molar refractivity (Wildman–Crippen MR) is 103 cm³/mol. The number of carbonyl (C=O) groups excluding carboxylic acids is 1. The summed E-state index contributed by atoms with van der Waals surface area (Å²) in [6.45, 7) is 1.94. The van der Waals surface area contributed by atoms with Crippen molar-refractivity contribution in [1.29, 1.82) is 0 Å². The van der Waals surface area contributed by atoms with Crippen LogP contribution < -0.4 is 5.32 Å². The fraction of sp³-hybridized carbons (Fsp3) is 0.0526. The van der Waals surface area contributed by atoms with E-state index in [1.165, 1.54) is 24.3 Å². The lowest BCUT2D eigenvalue weighted by atomic mass is 10.0. The maximum atomic E-state index is 12.4. The largest absolute Gasteiger partial charge is 0.478 e. The van der Waals surface area contributed by atoms with Gasteiger partial charge in [-0.1, -0.05) is 29.8 Å². The first kappa shape index (κ1) is 18.3. The van der Waals surface area contributed by atoms with E-state index in [1.54, 1.807) is 5.38 Å². The van der Waals surface area contributed by atoms with Gasteiger partial charge < -0.3 is 10.4 Å². The second-order valence-electron chi connectivity index (χ2n) is 5.78. The van der Waals surface area contributed by atoms with Crippen LogP contribution in [-0.4, -0.2) is 21.9 Å². The van der Waals surface area contributed by atoms with Crippen LogP contribution in [0.3, 0.4) is 0 Å². The van der Waals surface area contributed by atoms with Crippen LogP contribution in [0, 0.1) is 17.0 Å². The molecule has 1 aromatic heterocycles. The molecule has 3 rings (SSSR count). The van der Waals surface area contributed by atoms with Crippen LogP contribution in [-0.2, 0) is 0 Å². The Bertz CT molecular complexity index is 1020. The normalized spacial score (nSPS) is 10.4. The summed E-state index contributed by atoms with van der Waals surface area (Å²) in [4.78, 5) is 34.3. The van der Waals surface area contributed by atoms with E-state index in [9.17, 15) is 24.8 Å². The molecule has 8 heteroatoms. The van der Waals surface area contributed by atoms with E-state index in [-0.39, 0.29) is 21.8 Å². The molecular formula is C19H14N2O5S. The van der Waals surface area contributed by atoms with E-state index >= 15 is 0 Å². The van der Waals surface area contributed by atoms with Gasteiger partial charge in [-0.25, -0.2) is 4.79 Å². The quantitative estimate of drug-likeness (QED) is 0.496. The molecule has 1 amide bonds. The molecule has 1 heterocycles. The highest BCUT2D eigenvalue weighted by molar-refractivity contribution is 7.15. The topological polar surface area (TPSA) is 110 Å². The molecule has 0 aliphatic rings. The number of non-ortho nitro benzene ring substituents is 1. The third-order valence-corrected chi connectivity index (χ3v) is 4.83. The Morgan fingerprint density at radius 2 is 1.70 bits per heavy atom. The van der Waals surface area contributed by atoms with Crippen molar-refractivity contribution in [2.45, 2.75) is 6.92 Å². The summed E-state index contributed by atoms with van der Waals surface area (Å²) in [5.41, 5.74) is 2.39. The lowest BCUT2D eigenvalue weighted by Gasteiger charge is -2.06. The molecule has 0 bridgehead atoms. The molecule has 0 aliphatic carbocycles. The summed E-state index contributed by atoms with van der Waals surface area (Å²) >= 11 is 1.11. The van der Waals surface area contributed by atoms with Gasteiger partial charge in [0.1, 0.15) is 10.6 Å². The first-order valence-electron chi connectivity index (χ1n) is 7.84. The Balaban J connectivity index is 1.90. The van der Waals surface area contributed by atoms with Gasteiger partial charge in [0.25, 0.3) is 11.6 Å². The van der Waals surface area contributed by atoms with Gasteiger partial charge in [0.2, 0.25) is 0 Å². The molecule has 0 saturated carbocycles. The van der Waals surface area contributed by atoms with Crippen LogP contribution in [0.1, 0.15) is 26.3 Å². The van der Waals surface area contributed by atoms with Gasteiger partial charge in [-0.15, -0.1) is 11.3 Å². The maximum absolute atomic E-state index is 12.4. The Morgan fingerprint density at radius 1 is 1.07 bits per heavy atom. The molecule has 0 aliphatic heterocycles. The standard InChI is InChI=1S/C19H14N2O5S/c1-11-2-4-12(5-3-11)15-10-27-18(16(15)19(23)24)20-17(22)13-6-8-14(9-7-13)21(25)26/h2-10H,1H3,(H,20,22)(H,23,24). The van der Waals surface area contributed by atoms with Crippen LogP contribution in [0.5, 0.6) is 0 Å². The summed E-state index contributed by atoms with van der Waals surface area (Å²) in [5.74, 6) is -1.68. The van der Waals surface area contributed by atoms with E-state index in [1.807, 2.05) is 31.2 Å². The maximum Gasteiger partial charge on any atom is 0.339 e. The Kier molecular flexibility index (Phi) is 5.00. The number of carbonyl (C=O) groups is 2. The fourth-order valence-electron chi connectivity index (χ4n) is 2.52. The van der Waals surface area contributed by atoms with Crippen molar-refractivity contribution in [3.05, 3.63) is 80.7 Å². The highest BCUT2D eigenvalue weighted by atomic mass is 32.1. The number of hydrogen-bond donors (Lipinski definition) is 2. The molecule has 0 unspecified atom stereocenters. The number of amides is 1. The second kappa shape index (κ2) is 7.38. The molecule has 27 heavy (non-hydrogen) atoms.